The van der Waals surface area contributed by atoms with Crippen LogP contribution in [0.5, 0.6) is 0 Å². The fourth-order valence-electron chi connectivity index (χ4n) is 1.97. The zero-order valence-electron chi connectivity index (χ0n) is 11.0. The molecule has 2 aromatic rings. The Morgan fingerprint density at radius 1 is 1.05 bits per heavy atom. The molecule has 0 amide bonds. The monoisotopic (exact) mass is 310 g/mol. The molecule has 0 saturated carbocycles. The van der Waals surface area contributed by atoms with Gasteiger partial charge in [-0.15, -0.1) is 0 Å². The van der Waals surface area contributed by atoms with Gasteiger partial charge >= 0.3 is 0 Å². The van der Waals surface area contributed by atoms with E-state index in [4.69, 9.17) is 23.2 Å². The predicted octanol–water partition coefficient (Wildman–Crippen LogP) is 3.38. The highest BCUT2D eigenvalue weighted by Crippen LogP contribution is 2.23. The second-order valence-corrected chi connectivity index (χ2v) is 5.32. The summed E-state index contributed by atoms with van der Waals surface area (Å²) in [6.45, 7) is 2.06. The quantitative estimate of drug-likeness (QED) is 0.888. The van der Waals surface area contributed by atoms with E-state index in [0.29, 0.717) is 29.7 Å². The van der Waals surface area contributed by atoms with Crippen LogP contribution in [-0.2, 0) is 13.1 Å². The lowest BCUT2D eigenvalue weighted by atomic mass is 10.2. The van der Waals surface area contributed by atoms with Gasteiger partial charge < -0.3 is 5.11 Å². The molecule has 0 saturated heterocycles. The fourth-order valence-corrected chi connectivity index (χ4v) is 2.29. The van der Waals surface area contributed by atoms with Crippen molar-refractivity contribution in [3.05, 3.63) is 63.9 Å². The van der Waals surface area contributed by atoms with Crippen molar-refractivity contribution in [2.75, 3.05) is 13.2 Å². The van der Waals surface area contributed by atoms with Crippen molar-refractivity contribution in [2.24, 2.45) is 0 Å². The molecule has 0 bridgehead atoms. The lowest BCUT2D eigenvalue weighted by Crippen LogP contribution is -2.26. The van der Waals surface area contributed by atoms with E-state index in [1.54, 1.807) is 12.3 Å². The Hall–Kier alpha value is -1.13. The number of halogens is 2. The third-order valence-corrected chi connectivity index (χ3v) is 3.66. The fraction of sp³-hybridized carbons (Fsp3) is 0.267. The first-order chi connectivity index (χ1) is 9.69. The molecule has 0 aliphatic heterocycles. The van der Waals surface area contributed by atoms with Crippen molar-refractivity contribution < 1.29 is 5.11 Å². The van der Waals surface area contributed by atoms with E-state index in [1.165, 1.54) is 0 Å². The molecular formula is C15H16Cl2N2O. The molecule has 0 aliphatic rings. The molecule has 20 heavy (non-hydrogen) atoms. The van der Waals surface area contributed by atoms with Crippen LogP contribution >= 0.6 is 23.2 Å². The number of rotatable bonds is 6. The molecule has 0 radical (unpaired) electrons. The molecule has 2 rings (SSSR count). The van der Waals surface area contributed by atoms with Gasteiger partial charge in [-0.1, -0.05) is 35.3 Å². The van der Waals surface area contributed by atoms with E-state index in [-0.39, 0.29) is 6.61 Å². The number of benzene rings is 1. The maximum Gasteiger partial charge on any atom is 0.0595 e. The zero-order valence-corrected chi connectivity index (χ0v) is 12.5. The van der Waals surface area contributed by atoms with Crippen molar-refractivity contribution in [3.8, 4) is 0 Å². The standard InChI is InChI=1S/C15H16Cl2N2O/c16-14-5-4-12(9-15(14)17)10-19(7-8-20)11-13-3-1-2-6-18-13/h1-6,9,20H,7-8,10-11H2. The molecule has 0 aliphatic carbocycles. The Morgan fingerprint density at radius 3 is 2.55 bits per heavy atom. The van der Waals surface area contributed by atoms with Crippen molar-refractivity contribution >= 4 is 23.2 Å². The molecule has 1 heterocycles. The normalized spacial score (nSPS) is 11.0. The summed E-state index contributed by atoms with van der Waals surface area (Å²) in [6.07, 6.45) is 1.77. The molecule has 1 aromatic carbocycles. The van der Waals surface area contributed by atoms with Gasteiger partial charge in [0.2, 0.25) is 0 Å². The summed E-state index contributed by atoms with van der Waals surface area (Å²) in [7, 11) is 0. The minimum absolute atomic E-state index is 0.105. The Morgan fingerprint density at radius 2 is 1.90 bits per heavy atom. The Labute approximate surface area is 128 Å². The molecule has 0 fully saturated rings. The summed E-state index contributed by atoms with van der Waals surface area (Å²) in [5.74, 6) is 0. The van der Waals surface area contributed by atoms with E-state index in [9.17, 15) is 5.11 Å². The van der Waals surface area contributed by atoms with Crippen LogP contribution in [0.4, 0.5) is 0 Å². The molecule has 106 valence electrons. The SMILES string of the molecule is OCCN(Cc1ccc(Cl)c(Cl)c1)Cc1ccccn1. The zero-order chi connectivity index (χ0) is 14.4. The highest BCUT2D eigenvalue weighted by Gasteiger charge is 2.08. The summed E-state index contributed by atoms with van der Waals surface area (Å²) >= 11 is 11.9. The summed E-state index contributed by atoms with van der Waals surface area (Å²) in [5.41, 5.74) is 2.03. The second kappa shape index (κ2) is 7.60. The second-order valence-electron chi connectivity index (χ2n) is 4.50. The first kappa shape index (κ1) is 15.3. The third-order valence-electron chi connectivity index (χ3n) is 2.92. The molecule has 1 N–H and O–H groups in total. The highest BCUT2D eigenvalue weighted by atomic mass is 35.5. The number of aliphatic hydroxyl groups is 1. The summed E-state index contributed by atoms with van der Waals surface area (Å²) in [4.78, 5) is 6.42. The lowest BCUT2D eigenvalue weighted by molar-refractivity contribution is 0.183. The summed E-state index contributed by atoms with van der Waals surface area (Å²) in [5, 5.41) is 10.3. The third kappa shape index (κ3) is 4.46. The van der Waals surface area contributed by atoms with E-state index in [0.717, 1.165) is 11.3 Å². The Kier molecular flexibility index (Phi) is 5.80. The minimum Gasteiger partial charge on any atom is -0.395 e. The van der Waals surface area contributed by atoms with Crippen LogP contribution in [0.25, 0.3) is 0 Å². The maximum atomic E-state index is 9.18. The molecular weight excluding hydrogens is 295 g/mol. The van der Waals surface area contributed by atoms with Gasteiger partial charge in [-0.3, -0.25) is 9.88 Å². The van der Waals surface area contributed by atoms with E-state index in [1.807, 2.05) is 30.3 Å². The van der Waals surface area contributed by atoms with Gasteiger partial charge in [0.1, 0.15) is 0 Å². The Balaban J connectivity index is 2.06. The number of pyridine rings is 1. The topological polar surface area (TPSA) is 36.4 Å². The maximum absolute atomic E-state index is 9.18. The molecule has 0 unspecified atom stereocenters. The van der Waals surface area contributed by atoms with Gasteiger partial charge in [-0.2, -0.15) is 0 Å². The van der Waals surface area contributed by atoms with Gasteiger partial charge in [-0.05, 0) is 29.8 Å². The first-order valence-corrected chi connectivity index (χ1v) is 7.11. The molecule has 1 aromatic heterocycles. The highest BCUT2D eigenvalue weighted by molar-refractivity contribution is 6.42. The number of nitrogens with zero attached hydrogens (tertiary/aromatic N) is 2. The number of aliphatic hydroxyl groups excluding tert-OH is 1. The van der Waals surface area contributed by atoms with E-state index >= 15 is 0 Å². The predicted molar refractivity (Wildman–Crippen MR) is 81.9 cm³/mol. The van der Waals surface area contributed by atoms with Crippen LogP contribution in [0, 0.1) is 0 Å². The number of hydrogen-bond acceptors (Lipinski definition) is 3. The first-order valence-electron chi connectivity index (χ1n) is 6.36. The van der Waals surface area contributed by atoms with Crippen molar-refractivity contribution in [2.45, 2.75) is 13.1 Å². The van der Waals surface area contributed by atoms with Gasteiger partial charge in [0, 0.05) is 25.8 Å². The van der Waals surface area contributed by atoms with Crippen molar-refractivity contribution in [1.82, 2.24) is 9.88 Å². The minimum atomic E-state index is 0.105. The van der Waals surface area contributed by atoms with Gasteiger partial charge in [0.05, 0.1) is 22.3 Å². The van der Waals surface area contributed by atoms with Crippen LogP contribution in [0.15, 0.2) is 42.6 Å². The average molecular weight is 311 g/mol. The number of aromatic nitrogens is 1. The molecule has 3 nitrogen and oxygen atoms in total. The van der Waals surface area contributed by atoms with Crippen LogP contribution in [0.3, 0.4) is 0 Å². The van der Waals surface area contributed by atoms with Gasteiger partial charge in [0.25, 0.3) is 0 Å². The van der Waals surface area contributed by atoms with E-state index < -0.39 is 0 Å². The largest absolute Gasteiger partial charge is 0.395 e. The lowest BCUT2D eigenvalue weighted by Gasteiger charge is -2.21. The average Bonchev–Trinajstić information content (AvgIpc) is 2.44. The molecule has 0 spiro atoms. The Bertz CT molecular complexity index is 549. The number of hydrogen-bond donors (Lipinski definition) is 1. The van der Waals surface area contributed by atoms with E-state index in [2.05, 4.69) is 9.88 Å². The van der Waals surface area contributed by atoms with Crippen molar-refractivity contribution in [1.29, 1.82) is 0 Å². The summed E-state index contributed by atoms with van der Waals surface area (Å²) in [6, 6.07) is 11.4. The van der Waals surface area contributed by atoms with Gasteiger partial charge in [0.15, 0.2) is 0 Å². The van der Waals surface area contributed by atoms with Crippen LogP contribution in [-0.4, -0.2) is 28.1 Å². The summed E-state index contributed by atoms with van der Waals surface area (Å²) < 4.78 is 0. The van der Waals surface area contributed by atoms with Crippen LogP contribution in [0.2, 0.25) is 10.0 Å². The molecule has 0 atom stereocenters. The smallest absolute Gasteiger partial charge is 0.0595 e. The van der Waals surface area contributed by atoms with Gasteiger partial charge in [-0.25, -0.2) is 0 Å². The molecule has 5 heteroatoms. The van der Waals surface area contributed by atoms with Crippen molar-refractivity contribution in [3.63, 3.8) is 0 Å². The van der Waals surface area contributed by atoms with Crippen LogP contribution in [0.1, 0.15) is 11.3 Å². The van der Waals surface area contributed by atoms with Crippen LogP contribution < -0.4 is 0 Å².